The molecule has 4 saturated carbocycles. The van der Waals surface area contributed by atoms with Gasteiger partial charge in [0.1, 0.15) is 6.17 Å². The molecular weight excluding hydrogens is 471 g/mol. The summed E-state index contributed by atoms with van der Waals surface area (Å²) < 4.78 is 19.9. The van der Waals surface area contributed by atoms with Crippen LogP contribution in [0.5, 0.6) is 0 Å². The van der Waals surface area contributed by atoms with Crippen LogP contribution in [0.3, 0.4) is 0 Å². The highest BCUT2D eigenvalue weighted by Gasteiger charge is 2.70. The first kappa shape index (κ1) is 26.0. The van der Waals surface area contributed by atoms with E-state index in [1.165, 1.54) is 6.07 Å². The number of halogens is 1. The van der Waals surface area contributed by atoms with Gasteiger partial charge in [0.2, 0.25) is 0 Å². The molecule has 0 bridgehead atoms. The van der Waals surface area contributed by atoms with Crippen LogP contribution in [0.15, 0.2) is 27.6 Å². The normalized spacial score (nSPS) is 50.2. The number of fused-ring (bicyclic) bond motifs is 5. The maximum absolute atomic E-state index is 14.7. The largest absolute Gasteiger partial charge is 0.431 e. The minimum atomic E-state index is -0.865. The average Bonchev–Trinajstić information content (AvgIpc) is 3.13. The number of rotatable bonds is 3. The summed E-state index contributed by atoms with van der Waals surface area (Å²) in [5.41, 5.74) is -1.42. The van der Waals surface area contributed by atoms with E-state index in [1.807, 2.05) is 13.1 Å². The summed E-state index contributed by atoms with van der Waals surface area (Å²) in [7, 11) is 1.98. The van der Waals surface area contributed by atoms with Crippen LogP contribution in [-0.2, 0) is 0 Å². The summed E-state index contributed by atoms with van der Waals surface area (Å²) >= 11 is 0. The number of nitrogens with one attached hydrogen (secondary N) is 1. The average molecular weight is 517 g/mol. The van der Waals surface area contributed by atoms with Crippen molar-refractivity contribution in [2.45, 2.75) is 113 Å². The molecule has 6 rings (SSSR count). The topological polar surface area (TPSA) is 85.9 Å². The molecule has 1 saturated heterocycles. The molecule has 5 fully saturated rings. The number of nitrogens with zero attached hydrogens (tertiary/aromatic N) is 1. The highest BCUT2D eigenvalue weighted by atomic mass is 19.1. The monoisotopic (exact) mass is 516 g/mol. The fourth-order valence-corrected chi connectivity index (χ4v) is 10.0. The van der Waals surface area contributed by atoms with Crippen LogP contribution < -0.4 is 10.9 Å². The molecular formula is C30H45FN2O4. The third-order valence-electron chi connectivity index (χ3n) is 12.3. The molecule has 6 nitrogen and oxygen atoms in total. The van der Waals surface area contributed by atoms with Gasteiger partial charge in [-0.15, -0.1) is 0 Å². The van der Waals surface area contributed by atoms with E-state index in [9.17, 15) is 19.4 Å². The Morgan fingerprint density at radius 1 is 1.00 bits per heavy atom. The van der Waals surface area contributed by atoms with E-state index in [2.05, 4.69) is 24.1 Å². The fourth-order valence-electron chi connectivity index (χ4n) is 10.0. The quantitative estimate of drug-likeness (QED) is 0.563. The van der Waals surface area contributed by atoms with Gasteiger partial charge in [-0.05, 0) is 113 Å². The first-order valence-electron chi connectivity index (χ1n) is 14.6. The van der Waals surface area contributed by atoms with Crippen molar-refractivity contribution >= 4 is 0 Å². The molecule has 1 aromatic heterocycles. The lowest BCUT2D eigenvalue weighted by atomic mass is 9.42. The number of hydrogen-bond acceptors (Lipinski definition) is 6. The molecule has 37 heavy (non-hydrogen) atoms. The molecule has 0 radical (unpaired) electrons. The van der Waals surface area contributed by atoms with Crippen molar-refractivity contribution in [3.05, 3.63) is 34.4 Å². The number of piperidine rings is 1. The van der Waals surface area contributed by atoms with Crippen molar-refractivity contribution in [2.24, 2.45) is 22.7 Å². The lowest BCUT2D eigenvalue weighted by Gasteiger charge is -2.66. The standard InChI is InChI=1S/C30H45FN2O4/c1-27-11-6-20(32-25-10-15-33(3)17-24(25)31)16-29(27,35)13-8-23-22(27)7-12-28(2)21(9-14-30(23,28)36)19-4-5-26(34)37-18-19/h4-5,18,20-25,32,35-36H,6-17H2,1-3H3/t20-,21+,22-,23+,24-,25?,27+,28+,29-,30-/m0/s1. The van der Waals surface area contributed by atoms with E-state index in [0.29, 0.717) is 19.4 Å². The summed E-state index contributed by atoms with van der Waals surface area (Å²) in [6.07, 6.45) is 9.13. The van der Waals surface area contributed by atoms with Crippen LogP contribution in [0.4, 0.5) is 4.39 Å². The summed E-state index contributed by atoms with van der Waals surface area (Å²) in [5.74, 6) is 0.598. The van der Waals surface area contributed by atoms with Crippen molar-refractivity contribution in [1.29, 1.82) is 0 Å². The maximum Gasteiger partial charge on any atom is 0.335 e. The molecule has 2 heterocycles. The molecule has 7 heteroatoms. The van der Waals surface area contributed by atoms with E-state index >= 15 is 0 Å². The molecule has 1 unspecified atom stereocenters. The molecule has 5 aliphatic rings. The first-order chi connectivity index (χ1) is 17.5. The number of hydrogen-bond donors (Lipinski definition) is 3. The lowest BCUT2D eigenvalue weighted by Crippen LogP contribution is -2.68. The van der Waals surface area contributed by atoms with Gasteiger partial charge in [-0.3, -0.25) is 0 Å². The Labute approximate surface area is 220 Å². The van der Waals surface area contributed by atoms with Crippen LogP contribution in [0, 0.1) is 22.7 Å². The zero-order chi connectivity index (χ0) is 26.2. The van der Waals surface area contributed by atoms with Crippen LogP contribution in [0.2, 0.25) is 0 Å². The molecule has 1 aromatic rings. The van der Waals surface area contributed by atoms with Gasteiger partial charge >= 0.3 is 5.63 Å². The molecule has 0 spiro atoms. The minimum Gasteiger partial charge on any atom is -0.431 e. The Balaban J connectivity index is 1.21. The number of alkyl halides is 1. The molecule has 10 atom stereocenters. The number of likely N-dealkylation sites (tertiary alicyclic amines) is 1. The van der Waals surface area contributed by atoms with E-state index < -0.39 is 17.4 Å². The van der Waals surface area contributed by atoms with Gasteiger partial charge in [0.15, 0.2) is 0 Å². The van der Waals surface area contributed by atoms with Crippen molar-refractivity contribution < 1.29 is 19.0 Å². The molecule has 3 N–H and O–H groups in total. The Kier molecular flexibility index (Phi) is 6.22. The van der Waals surface area contributed by atoms with Gasteiger partial charge < -0.3 is 24.8 Å². The van der Waals surface area contributed by atoms with E-state index in [-0.39, 0.29) is 46.3 Å². The fraction of sp³-hybridized carbons (Fsp3) is 0.833. The summed E-state index contributed by atoms with van der Waals surface area (Å²) in [6.45, 7) is 5.90. The van der Waals surface area contributed by atoms with Gasteiger partial charge in [-0.2, -0.15) is 0 Å². The third-order valence-corrected chi connectivity index (χ3v) is 12.3. The lowest BCUT2D eigenvalue weighted by molar-refractivity contribution is -0.247. The van der Waals surface area contributed by atoms with Gasteiger partial charge in [0, 0.05) is 30.1 Å². The van der Waals surface area contributed by atoms with Gasteiger partial charge in [-0.25, -0.2) is 9.18 Å². The zero-order valence-corrected chi connectivity index (χ0v) is 22.7. The van der Waals surface area contributed by atoms with Crippen LogP contribution in [0.1, 0.15) is 89.5 Å². The SMILES string of the molecule is CN1CCC(N[C@H]2CC[C@]3(C)[C@H]4CC[C@]5(C)[C@@H](c6ccc(=O)oc6)CC[C@]5(O)[C@@H]4CC[C@]3(O)C2)[C@@H](F)C1. The molecule has 4 aliphatic carbocycles. The molecule has 206 valence electrons. The molecule has 0 aromatic carbocycles. The second-order valence-electron chi connectivity index (χ2n) is 13.8. The highest BCUT2D eigenvalue weighted by Crippen LogP contribution is 2.71. The summed E-state index contributed by atoms with van der Waals surface area (Å²) in [4.78, 5) is 13.6. The van der Waals surface area contributed by atoms with Gasteiger partial charge in [-0.1, -0.05) is 13.8 Å². The predicted octanol–water partition coefficient (Wildman–Crippen LogP) is 4.00. The van der Waals surface area contributed by atoms with Crippen LogP contribution in [0.25, 0.3) is 0 Å². The van der Waals surface area contributed by atoms with Crippen LogP contribution >= 0.6 is 0 Å². The predicted molar refractivity (Wildman–Crippen MR) is 140 cm³/mol. The highest BCUT2D eigenvalue weighted by molar-refractivity contribution is 5.28. The second kappa shape index (κ2) is 8.87. The Bertz CT molecular complexity index is 1060. The summed E-state index contributed by atoms with van der Waals surface area (Å²) in [6, 6.07) is 3.38. The zero-order valence-electron chi connectivity index (χ0n) is 22.7. The van der Waals surface area contributed by atoms with Crippen molar-refractivity contribution in [1.82, 2.24) is 10.2 Å². The third kappa shape index (κ3) is 3.81. The van der Waals surface area contributed by atoms with E-state index in [0.717, 1.165) is 63.5 Å². The maximum atomic E-state index is 14.7. The minimum absolute atomic E-state index is 0.126. The molecule has 1 aliphatic heterocycles. The number of aliphatic hydroxyl groups is 2. The smallest absolute Gasteiger partial charge is 0.335 e. The van der Waals surface area contributed by atoms with E-state index in [4.69, 9.17) is 4.42 Å². The second-order valence-corrected chi connectivity index (χ2v) is 13.8. The van der Waals surface area contributed by atoms with Crippen LogP contribution in [-0.4, -0.2) is 64.7 Å². The van der Waals surface area contributed by atoms with Gasteiger partial charge in [0.25, 0.3) is 0 Å². The van der Waals surface area contributed by atoms with Crippen molar-refractivity contribution in [3.8, 4) is 0 Å². The Morgan fingerprint density at radius 3 is 2.49 bits per heavy atom. The van der Waals surface area contributed by atoms with Crippen molar-refractivity contribution in [3.63, 3.8) is 0 Å². The summed E-state index contributed by atoms with van der Waals surface area (Å²) in [5, 5.41) is 28.2. The van der Waals surface area contributed by atoms with E-state index in [1.54, 1.807) is 6.26 Å². The van der Waals surface area contributed by atoms with Gasteiger partial charge in [0.05, 0.1) is 17.5 Å². The Morgan fingerprint density at radius 2 is 1.76 bits per heavy atom. The Hall–Kier alpha value is -1.28. The first-order valence-corrected chi connectivity index (χ1v) is 14.6. The molecule has 0 amide bonds. The van der Waals surface area contributed by atoms with Crippen molar-refractivity contribution in [2.75, 3.05) is 20.1 Å².